The van der Waals surface area contributed by atoms with Crippen LogP contribution < -0.4 is 0 Å². The van der Waals surface area contributed by atoms with Crippen molar-refractivity contribution in [2.75, 3.05) is 0 Å². The number of hydrogen-bond acceptors (Lipinski definition) is 1. The average Bonchev–Trinajstić information content (AvgIpc) is 2.72. The Balaban J connectivity index is 1.68. The molecule has 0 atom stereocenters. The van der Waals surface area contributed by atoms with Gasteiger partial charge in [0.1, 0.15) is 5.69 Å². The van der Waals surface area contributed by atoms with E-state index in [2.05, 4.69) is 91.0 Å². The third-order valence-corrected chi connectivity index (χ3v) is 4.17. The number of aromatic nitrogens is 1. The standard InChI is InChI=1S/C25H21N/c1-3-20-5-9-22(10-6-20)13-14-24-16-18-25(26-19-24)17-15-23-11-7-21(4-2)8-12-23/h5-12,16,18-19H,3-4H2,1-2H3. The lowest BCUT2D eigenvalue weighted by molar-refractivity contribution is 1.14. The van der Waals surface area contributed by atoms with Crippen molar-refractivity contribution in [2.24, 2.45) is 0 Å². The summed E-state index contributed by atoms with van der Waals surface area (Å²) >= 11 is 0. The second-order valence-corrected chi connectivity index (χ2v) is 6.03. The maximum absolute atomic E-state index is 4.39. The molecule has 3 rings (SSSR count). The van der Waals surface area contributed by atoms with Gasteiger partial charge >= 0.3 is 0 Å². The Morgan fingerprint density at radius 3 is 1.50 bits per heavy atom. The minimum atomic E-state index is 0.752. The van der Waals surface area contributed by atoms with Crippen LogP contribution in [0.2, 0.25) is 0 Å². The van der Waals surface area contributed by atoms with Gasteiger partial charge in [-0.05, 0) is 66.3 Å². The molecule has 0 aliphatic rings. The molecule has 0 aliphatic heterocycles. The molecule has 0 radical (unpaired) electrons. The van der Waals surface area contributed by atoms with Crippen LogP contribution in [0.5, 0.6) is 0 Å². The van der Waals surface area contributed by atoms with E-state index in [1.165, 1.54) is 11.1 Å². The molecule has 126 valence electrons. The van der Waals surface area contributed by atoms with Crippen LogP contribution in [0.15, 0.2) is 66.9 Å². The molecule has 0 saturated heterocycles. The van der Waals surface area contributed by atoms with Crippen molar-refractivity contribution in [3.8, 4) is 23.7 Å². The number of benzene rings is 2. The van der Waals surface area contributed by atoms with Gasteiger partial charge in [0.2, 0.25) is 0 Å². The summed E-state index contributed by atoms with van der Waals surface area (Å²) in [6, 6.07) is 20.6. The van der Waals surface area contributed by atoms with E-state index in [-0.39, 0.29) is 0 Å². The number of hydrogen-bond donors (Lipinski definition) is 0. The Morgan fingerprint density at radius 1 is 0.577 bits per heavy atom. The van der Waals surface area contributed by atoms with E-state index < -0.39 is 0 Å². The third-order valence-electron chi connectivity index (χ3n) is 4.17. The zero-order valence-corrected chi connectivity index (χ0v) is 15.2. The minimum absolute atomic E-state index is 0.752. The van der Waals surface area contributed by atoms with Gasteiger partial charge in [-0.3, -0.25) is 0 Å². The Labute approximate surface area is 156 Å². The second-order valence-electron chi connectivity index (χ2n) is 6.03. The first-order valence-corrected chi connectivity index (χ1v) is 8.95. The van der Waals surface area contributed by atoms with Crippen LogP contribution in [0.4, 0.5) is 0 Å². The fourth-order valence-electron chi connectivity index (χ4n) is 2.47. The van der Waals surface area contributed by atoms with E-state index >= 15 is 0 Å². The van der Waals surface area contributed by atoms with Crippen LogP contribution >= 0.6 is 0 Å². The van der Waals surface area contributed by atoms with Crippen molar-refractivity contribution in [1.82, 2.24) is 4.98 Å². The van der Waals surface area contributed by atoms with Crippen LogP contribution in [-0.4, -0.2) is 4.98 Å². The summed E-state index contributed by atoms with van der Waals surface area (Å²) in [7, 11) is 0. The smallest absolute Gasteiger partial charge is 0.113 e. The van der Waals surface area contributed by atoms with E-state index in [4.69, 9.17) is 0 Å². The summed E-state index contributed by atoms with van der Waals surface area (Å²) in [5.74, 6) is 12.6. The fraction of sp³-hybridized carbons (Fsp3) is 0.160. The fourth-order valence-corrected chi connectivity index (χ4v) is 2.47. The quantitative estimate of drug-likeness (QED) is 0.600. The molecule has 0 saturated carbocycles. The first kappa shape index (κ1) is 17.5. The molecule has 0 amide bonds. The van der Waals surface area contributed by atoms with E-state index in [1.54, 1.807) is 6.20 Å². The van der Waals surface area contributed by atoms with E-state index in [1.807, 2.05) is 12.1 Å². The maximum Gasteiger partial charge on any atom is 0.113 e. The van der Waals surface area contributed by atoms with Crippen molar-refractivity contribution in [1.29, 1.82) is 0 Å². The summed E-state index contributed by atoms with van der Waals surface area (Å²) in [5, 5.41) is 0. The predicted molar refractivity (Wildman–Crippen MR) is 108 cm³/mol. The molecule has 0 aliphatic carbocycles. The summed E-state index contributed by atoms with van der Waals surface area (Å²) in [6.07, 6.45) is 3.86. The Kier molecular flexibility index (Phi) is 5.87. The van der Waals surface area contributed by atoms with Gasteiger partial charge in [0.05, 0.1) is 0 Å². The third kappa shape index (κ3) is 4.85. The van der Waals surface area contributed by atoms with Gasteiger partial charge in [0, 0.05) is 22.9 Å². The molecule has 1 heteroatoms. The molecular weight excluding hydrogens is 314 g/mol. The van der Waals surface area contributed by atoms with Crippen LogP contribution in [-0.2, 0) is 12.8 Å². The molecule has 1 heterocycles. The van der Waals surface area contributed by atoms with E-state index in [0.29, 0.717) is 0 Å². The van der Waals surface area contributed by atoms with Gasteiger partial charge in [0.25, 0.3) is 0 Å². The zero-order chi connectivity index (χ0) is 18.2. The van der Waals surface area contributed by atoms with Gasteiger partial charge in [-0.15, -0.1) is 0 Å². The lowest BCUT2D eigenvalue weighted by Gasteiger charge is -1.96. The summed E-state index contributed by atoms with van der Waals surface area (Å²) < 4.78 is 0. The Hall–Kier alpha value is -3.29. The lowest BCUT2D eigenvalue weighted by atomic mass is 10.1. The first-order chi connectivity index (χ1) is 12.8. The van der Waals surface area contributed by atoms with Gasteiger partial charge in [-0.1, -0.05) is 55.9 Å². The van der Waals surface area contributed by atoms with E-state index in [0.717, 1.165) is 35.2 Å². The predicted octanol–water partition coefficient (Wildman–Crippen LogP) is 5.01. The van der Waals surface area contributed by atoms with Crippen molar-refractivity contribution in [3.63, 3.8) is 0 Å². The monoisotopic (exact) mass is 335 g/mol. The zero-order valence-electron chi connectivity index (χ0n) is 15.2. The molecular formula is C25H21N. The van der Waals surface area contributed by atoms with Gasteiger partial charge in [0.15, 0.2) is 0 Å². The first-order valence-electron chi connectivity index (χ1n) is 8.95. The molecule has 3 aromatic rings. The van der Waals surface area contributed by atoms with Gasteiger partial charge in [-0.25, -0.2) is 4.98 Å². The molecule has 1 aromatic heterocycles. The van der Waals surface area contributed by atoms with Crippen molar-refractivity contribution in [3.05, 3.63) is 100 Å². The van der Waals surface area contributed by atoms with E-state index in [9.17, 15) is 0 Å². The second kappa shape index (κ2) is 8.70. The van der Waals surface area contributed by atoms with Gasteiger partial charge in [-0.2, -0.15) is 0 Å². The summed E-state index contributed by atoms with van der Waals surface area (Å²) in [5.41, 5.74) is 6.31. The number of nitrogens with zero attached hydrogens (tertiary/aromatic N) is 1. The Morgan fingerprint density at radius 2 is 1.04 bits per heavy atom. The van der Waals surface area contributed by atoms with Crippen LogP contribution in [0, 0.1) is 23.7 Å². The largest absolute Gasteiger partial charge is 0.246 e. The number of rotatable bonds is 2. The normalized spacial score (nSPS) is 9.62. The summed E-state index contributed by atoms with van der Waals surface area (Å²) in [6.45, 7) is 4.30. The summed E-state index contributed by atoms with van der Waals surface area (Å²) in [4.78, 5) is 4.39. The van der Waals surface area contributed by atoms with Crippen LogP contribution in [0.1, 0.15) is 47.4 Å². The highest BCUT2D eigenvalue weighted by atomic mass is 14.7. The van der Waals surface area contributed by atoms with Crippen molar-refractivity contribution < 1.29 is 0 Å². The molecule has 0 fully saturated rings. The number of aryl methyl sites for hydroxylation is 2. The SMILES string of the molecule is CCc1ccc(C#Cc2ccc(C#Cc3ccc(CC)cc3)nc2)cc1. The van der Waals surface area contributed by atoms with Gasteiger partial charge < -0.3 is 0 Å². The molecule has 2 aromatic carbocycles. The average molecular weight is 335 g/mol. The highest BCUT2D eigenvalue weighted by Crippen LogP contribution is 2.06. The highest BCUT2D eigenvalue weighted by molar-refractivity contribution is 5.45. The molecule has 0 N–H and O–H groups in total. The molecule has 1 nitrogen and oxygen atoms in total. The molecule has 0 spiro atoms. The molecule has 0 unspecified atom stereocenters. The highest BCUT2D eigenvalue weighted by Gasteiger charge is 1.93. The lowest BCUT2D eigenvalue weighted by Crippen LogP contribution is -1.85. The minimum Gasteiger partial charge on any atom is -0.246 e. The van der Waals surface area contributed by atoms with Crippen LogP contribution in [0.25, 0.3) is 0 Å². The maximum atomic E-state index is 4.39. The molecule has 26 heavy (non-hydrogen) atoms. The number of pyridine rings is 1. The van der Waals surface area contributed by atoms with Crippen molar-refractivity contribution in [2.45, 2.75) is 26.7 Å². The Bertz CT molecular complexity index is 886. The molecule has 0 bridgehead atoms. The topological polar surface area (TPSA) is 12.9 Å². The van der Waals surface area contributed by atoms with Crippen LogP contribution in [0.3, 0.4) is 0 Å². The van der Waals surface area contributed by atoms with Crippen molar-refractivity contribution >= 4 is 0 Å².